The summed E-state index contributed by atoms with van der Waals surface area (Å²) in [4.78, 5) is 7.27. The number of halogens is 2. The Morgan fingerprint density at radius 2 is 1.55 bits per heavy atom. The van der Waals surface area contributed by atoms with Crippen LogP contribution < -0.4 is 4.90 Å². The number of rotatable bonds is 4. The quantitative estimate of drug-likeness (QED) is 0.416. The number of hydrogen-bond acceptors (Lipinski definition) is 5. The van der Waals surface area contributed by atoms with Crippen molar-refractivity contribution in [1.29, 1.82) is 0 Å². The van der Waals surface area contributed by atoms with E-state index in [2.05, 4.69) is 43.2 Å². The summed E-state index contributed by atoms with van der Waals surface area (Å²) in [5, 5.41) is 3.26. The highest BCUT2D eigenvalue weighted by Crippen LogP contribution is 2.35. The zero-order valence-corrected chi connectivity index (χ0v) is 20.8. The molecule has 1 aliphatic heterocycles. The van der Waals surface area contributed by atoms with E-state index in [9.17, 15) is 8.42 Å². The Bertz CT molecular complexity index is 1190. The minimum absolute atomic E-state index is 0.199. The second-order valence-electron chi connectivity index (χ2n) is 8.13. The number of aromatic nitrogens is 1. The van der Waals surface area contributed by atoms with Gasteiger partial charge in [-0.1, -0.05) is 40.9 Å². The molecule has 1 aliphatic rings. The molecule has 1 saturated heterocycles. The van der Waals surface area contributed by atoms with Crippen molar-refractivity contribution >= 4 is 49.5 Å². The number of anilines is 1. The Labute approximate surface area is 197 Å². The van der Waals surface area contributed by atoms with Crippen LogP contribution in [-0.2, 0) is 9.84 Å². The van der Waals surface area contributed by atoms with Crippen molar-refractivity contribution in [3.8, 4) is 11.3 Å². The SMILES string of the molecule is Cc1cc(C)c(-c2csc(N3CCC(S(=O)(=O)c4cc(Cl)cc(Cl)c4)CC3)n2)c(C)c1. The van der Waals surface area contributed by atoms with Gasteiger partial charge in [-0.25, -0.2) is 13.4 Å². The lowest BCUT2D eigenvalue weighted by molar-refractivity contribution is 0.529. The van der Waals surface area contributed by atoms with Crippen molar-refractivity contribution < 1.29 is 8.42 Å². The summed E-state index contributed by atoms with van der Waals surface area (Å²) >= 11 is 13.6. The molecular formula is C23H24Cl2N2O2S2. The predicted molar refractivity (Wildman–Crippen MR) is 131 cm³/mol. The van der Waals surface area contributed by atoms with E-state index in [1.807, 2.05) is 0 Å². The van der Waals surface area contributed by atoms with Crippen LogP contribution in [0.1, 0.15) is 29.5 Å². The zero-order valence-electron chi connectivity index (χ0n) is 17.7. The van der Waals surface area contributed by atoms with E-state index < -0.39 is 15.1 Å². The van der Waals surface area contributed by atoms with Crippen LogP contribution in [0.3, 0.4) is 0 Å². The summed E-state index contributed by atoms with van der Waals surface area (Å²) < 4.78 is 26.2. The molecule has 0 radical (unpaired) electrons. The van der Waals surface area contributed by atoms with Crippen molar-refractivity contribution in [3.63, 3.8) is 0 Å². The molecule has 1 fully saturated rings. The van der Waals surface area contributed by atoms with Crippen molar-refractivity contribution in [2.24, 2.45) is 0 Å². The van der Waals surface area contributed by atoms with Gasteiger partial charge in [-0.05, 0) is 62.9 Å². The van der Waals surface area contributed by atoms with E-state index in [1.165, 1.54) is 34.4 Å². The van der Waals surface area contributed by atoms with Gasteiger partial charge in [0, 0.05) is 34.1 Å². The van der Waals surface area contributed by atoms with Gasteiger partial charge >= 0.3 is 0 Å². The number of nitrogens with zero attached hydrogens (tertiary/aromatic N) is 2. The standard InChI is InChI=1S/C23H24Cl2N2O2S2/c1-14-8-15(2)22(16(3)9-14)21-13-30-23(26-21)27-6-4-19(5-7-27)31(28,29)20-11-17(24)10-18(25)12-20/h8-13,19H,4-7H2,1-3H3. The number of thiazole rings is 1. The van der Waals surface area contributed by atoms with Crippen LogP contribution in [0.2, 0.25) is 10.0 Å². The molecule has 1 aromatic heterocycles. The average molecular weight is 495 g/mol. The van der Waals surface area contributed by atoms with Gasteiger partial charge in [-0.3, -0.25) is 0 Å². The van der Waals surface area contributed by atoms with Gasteiger partial charge in [0.1, 0.15) is 0 Å². The summed E-state index contributed by atoms with van der Waals surface area (Å²) in [5.74, 6) is 0. The number of aryl methyl sites for hydroxylation is 3. The second kappa shape index (κ2) is 8.74. The number of benzene rings is 2. The van der Waals surface area contributed by atoms with Crippen LogP contribution in [0.5, 0.6) is 0 Å². The van der Waals surface area contributed by atoms with Gasteiger partial charge in [-0.15, -0.1) is 11.3 Å². The van der Waals surface area contributed by atoms with Crippen molar-refractivity contribution in [1.82, 2.24) is 4.98 Å². The molecule has 8 heteroatoms. The van der Waals surface area contributed by atoms with Gasteiger partial charge in [0.25, 0.3) is 0 Å². The van der Waals surface area contributed by atoms with E-state index in [0.717, 1.165) is 10.8 Å². The maximum absolute atomic E-state index is 13.1. The Balaban J connectivity index is 1.50. The summed E-state index contributed by atoms with van der Waals surface area (Å²) in [6, 6.07) is 8.87. The Morgan fingerprint density at radius 1 is 0.968 bits per heavy atom. The zero-order chi connectivity index (χ0) is 22.3. The molecule has 3 aromatic rings. The molecule has 2 heterocycles. The summed E-state index contributed by atoms with van der Waals surface area (Å²) in [6.45, 7) is 7.64. The molecule has 164 valence electrons. The fourth-order valence-electron chi connectivity index (χ4n) is 4.35. The molecule has 0 atom stereocenters. The monoisotopic (exact) mass is 494 g/mol. The van der Waals surface area contributed by atoms with Gasteiger partial charge in [0.2, 0.25) is 0 Å². The van der Waals surface area contributed by atoms with Crippen LogP contribution in [0, 0.1) is 20.8 Å². The van der Waals surface area contributed by atoms with Gasteiger partial charge in [0.15, 0.2) is 15.0 Å². The largest absolute Gasteiger partial charge is 0.348 e. The molecule has 0 spiro atoms. The lowest BCUT2D eigenvalue weighted by atomic mass is 9.98. The highest BCUT2D eigenvalue weighted by molar-refractivity contribution is 7.92. The highest BCUT2D eigenvalue weighted by Gasteiger charge is 2.32. The molecule has 0 amide bonds. The van der Waals surface area contributed by atoms with E-state index >= 15 is 0 Å². The molecule has 2 aromatic carbocycles. The first-order chi connectivity index (χ1) is 14.6. The van der Waals surface area contributed by atoms with E-state index in [4.69, 9.17) is 28.2 Å². The van der Waals surface area contributed by atoms with Crippen LogP contribution in [-0.4, -0.2) is 31.7 Å². The number of hydrogen-bond donors (Lipinski definition) is 0. The number of sulfone groups is 1. The van der Waals surface area contributed by atoms with E-state index in [-0.39, 0.29) is 4.90 Å². The predicted octanol–water partition coefficient (Wildman–Crippen LogP) is 6.48. The first kappa shape index (κ1) is 22.6. The van der Waals surface area contributed by atoms with Crippen LogP contribution in [0.25, 0.3) is 11.3 Å². The lowest BCUT2D eigenvalue weighted by Crippen LogP contribution is -2.39. The molecule has 4 nitrogen and oxygen atoms in total. The number of piperidine rings is 1. The summed E-state index contributed by atoms with van der Waals surface area (Å²) in [6.07, 6.45) is 1.09. The van der Waals surface area contributed by atoms with Crippen molar-refractivity contribution in [2.75, 3.05) is 18.0 Å². The fourth-order valence-corrected chi connectivity index (χ4v) is 7.68. The molecular weight excluding hydrogens is 471 g/mol. The Kier molecular flexibility index (Phi) is 6.37. The fraction of sp³-hybridized carbons (Fsp3) is 0.348. The molecule has 0 unspecified atom stereocenters. The highest BCUT2D eigenvalue weighted by atomic mass is 35.5. The molecule has 4 rings (SSSR count). The third-order valence-electron chi connectivity index (χ3n) is 5.74. The smallest absolute Gasteiger partial charge is 0.185 e. The maximum atomic E-state index is 13.1. The molecule has 0 N–H and O–H groups in total. The Hall–Kier alpha value is -1.60. The van der Waals surface area contributed by atoms with Gasteiger partial charge in [0.05, 0.1) is 15.8 Å². The minimum atomic E-state index is -3.48. The second-order valence-corrected chi connectivity index (χ2v) is 12.1. The molecule has 0 bridgehead atoms. The normalized spacial score (nSPS) is 15.5. The average Bonchev–Trinajstić information content (AvgIpc) is 3.16. The summed E-state index contributed by atoms with van der Waals surface area (Å²) in [7, 11) is -3.48. The third-order valence-corrected chi connectivity index (χ3v) is 9.32. The van der Waals surface area contributed by atoms with E-state index in [0.29, 0.717) is 36.0 Å². The molecule has 0 aliphatic carbocycles. The first-order valence-corrected chi connectivity index (χ1v) is 13.3. The van der Waals surface area contributed by atoms with Crippen molar-refractivity contribution in [2.45, 2.75) is 43.8 Å². The molecule has 0 saturated carbocycles. The maximum Gasteiger partial charge on any atom is 0.185 e. The Morgan fingerprint density at radius 3 is 2.13 bits per heavy atom. The molecule has 31 heavy (non-hydrogen) atoms. The van der Waals surface area contributed by atoms with Crippen LogP contribution in [0.15, 0.2) is 40.6 Å². The third kappa shape index (κ3) is 4.63. The van der Waals surface area contributed by atoms with Gasteiger partial charge < -0.3 is 4.90 Å². The summed E-state index contributed by atoms with van der Waals surface area (Å²) in [5.41, 5.74) is 5.86. The van der Waals surface area contributed by atoms with E-state index in [1.54, 1.807) is 17.4 Å². The van der Waals surface area contributed by atoms with Crippen LogP contribution in [0.4, 0.5) is 5.13 Å². The van der Waals surface area contributed by atoms with Crippen molar-refractivity contribution in [3.05, 3.63) is 62.4 Å². The minimum Gasteiger partial charge on any atom is -0.348 e. The van der Waals surface area contributed by atoms with Crippen LogP contribution >= 0.6 is 34.5 Å². The first-order valence-electron chi connectivity index (χ1n) is 10.1. The lowest BCUT2D eigenvalue weighted by Gasteiger charge is -2.31. The van der Waals surface area contributed by atoms with Gasteiger partial charge in [-0.2, -0.15) is 0 Å². The topological polar surface area (TPSA) is 50.3 Å².